The van der Waals surface area contributed by atoms with Crippen molar-refractivity contribution in [2.45, 2.75) is 6.54 Å². The lowest BCUT2D eigenvalue weighted by Gasteiger charge is -2.17. The highest BCUT2D eigenvalue weighted by atomic mass is 32.2. The van der Waals surface area contributed by atoms with Crippen LogP contribution in [0.25, 0.3) is 0 Å². The van der Waals surface area contributed by atoms with E-state index in [2.05, 4.69) is 0 Å². The Hall–Kier alpha value is -1.07. The molecular weight excluding hydrogens is 224 g/mol. The van der Waals surface area contributed by atoms with Gasteiger partial charge >= 0.3 is 0 Å². The van der Waals surface area contributed by atoms with Gasteiger partial charge in [0.1, 0.15) is 9.84 Å². The second-order valence-electron chi connectivity index (χ2n) is 4.07. The minimum Gasteiger partial charge on any atom is -0.398 e. The number of benzene rings is 1. The van der Waals surface area contributed by atoms with Gasteiger partial charge in [-0.05, 0) is 18.7 Å². The van der Waals surface area contributed by atoms with Crippen molar-refractivity contribution in [2.75, 3.05) is 31.3 Å². The molecule has 0 unspecified atom stereocenters. The standard InChI is InChI=1S/C11H18N2O2S/c1-13(7-8-16(2,14)15)9-10-5-3-4-6-11(10)12/h3-6H,7-9,12H2,1-2H3. The van der Waals surface area contributed by atoms with Crippen molar-refractivity contribution in [1.82, 2.24) is 4.90 Å². The van der Waals surface area contributed by atoms with Crippen LogP contribution in [-0.4, -0.2) is 38.9 Å². The molecule has 0 amide bonds. The lowest BCUT2D eigenvalue weighted by atomic mass is 10.2. The smallest absolute Gasteiger partial charge is 0.148 e. The number of nitrogen functional groups attached to an aromatic ring is 1. The first-order valence-corrected chi connectivity index (χ1v) is 7.14. The summed E-state index contributed by atoms with van der Waals surface area (Å²) in [7, 11) is -1.01. The minimum atomic E-state index is -2.89. The summed E-state index contributed by atoms with van der Waals surface area (Å²) < 4.78 is 22.0. The Labute approximate surface area is 97.0 Å². The van der Waals surface area contributed by atoms with E-state index >= 15 is 0 Å². The van der Waals surface area contributed by atoms with E-state index in [1.807, 2.05) is 36.2 Å². The molecule has 0 aromatic heterocycles. The van der Waals surface area contributed by atoms with Gasteiger partial charge in [-0.25, -0.2) is 8.42 Å². The highest BCUT2D eigenvalue weighted by Gasteiger charge is 2.07. The molecular formula is C11H18N2O2S. The molecule has 90 valence electrons. The van der Waals surface area contributed by atoms with Crippen molar-refractivity contribution < 1.29 is 8.42 Å². The molecule has 0 aliphatic rings. The zero-order valence-electron chi connectivity index (χ0n) is 9.68. The van der Waals surface area contributed by atoms with Crippen LogP contribution in [0.1, 0.15) is 5.56 Å². The van der Waals surface area contributed by atoms with Crippen molar-refractivity contribution >= 4 is 15.5 Å². The second-order valence-corrected chi connectivity index (χ2v) is 6.33. The summed E-state index contributed by atoms with van der Waals surface area (Å²) in [5.74, 6) is 0.177. The summed E-state index contributed by atoms with van der Waals surface area (Å²) in [5, 5.41) is 0. The van der Waals surface area contributed by atoms with Crippen LogP contribution in [0.5, 0.6) is 0 Å². The molecule has 16 heavy (non-hydrogen) atoms. The van der Waals surface area contributed by atoms with E-state index < -0.39 is 9.84 Å². The van der Waals surface area contributed by atoms with Gasteiger partial charge in [-0.1, -0.05) is 18.2 Å². The highest BCUT2D eigenvalue weighted by molar-refractivity contribution is 7.90. The molecule has 1 rings (SSSR count). The topological polar surface area (TPSA) is 63.4 Å². The van der Waals surface area contributed by atoms with Gasteiger partial charge in [-0.3, -0.25) is 0 Å². The average molecular weight is 242 g/mol. The van der Waals surface area contributed by atoms with Crippen molar-refractivity contribution in [3.05, 3.63) is 29.8 Å². The number of nitrogens with two attached hydrogens (primary N) is 1. The Morgan fingerprint density at radius 3 is 2.50 bits per heavy atom. The van der Waals surface area contributed by atoms with Crippen LogP contribution in [0.15, 0.2) is 24.3 Å². The van der Waals surface area contributed by atoms with E-state index in [4.69, 9.17) is 5.73 Å². The Bertz CT molecular complexity index is 443. The van der Waals surface area contributed by atoms with E-state index in [0.717, 1.165) is 11.3 Å². The first-order chi connectivity index (χ1) is 7.38. The Morgan fingerprint density at radius 1 is 1.31 bits per heavy atom. The molecule has 2 N–H and O–H groups in total. The fraction of sp³-hybridized carbons (Fsp3) is 0.455. The quantitative estimate of drug-likeness (QED) is 0.774. The van der Waals surface area contributed by atoms with Gasteiger partial charge in [0.2, 0.25) is 0 Å². The van der Waals surface area contributed by atoms with E-state index in [-0.39, 0.29) is 5.75 Å². The van der Waals surface area contributed by atoms with Crippen LogP contribution in [0.2, 0.25) is 0 Å². The molecule has 0 bridgehead atoms. The molecule has 0 aliphatic carbocycles. The fourth-order valence-electron chi connectivity index (χ4n) is 1.37. The summed E-state index contributed by atoms with van der Waals surface area (Å²) in [4.78, 5) is 1.95. The van der Waals surface area contributed by atoms with E-state index in [1.165, 1.54) is 6.26 Å². The molecule has 0 aliphatic heterocycles. The number of hydrogen-bond donors (Lipinski definition) is 1. The number of para-hydroxylation sites is 1. The van der Waals surface area contributed by atoms with Gasteiger partial charge in [0.05, 0.1) is 5.75 Å². The minimum absolute atomic E-state index is 0.177. The van der Waals surface area contributed by atoms with Crippen LogP contribution in [0.3, 0.4) is 0 Å². The maximum absolute atomic E-state index is 11.0. The Kier molecular flexibility index (Phi) is 4.32. The van der Waals surface area contributed by atoms with Crippen LogP contribution in [-0.2, 0) is 16.4 Å². The first-order valence-electron chi connectivity index (χ1n) is 5.08. The SMILES string of the molecule is CN(CCS(C)(=O)=O)Cc1ccccc1N. The molecule has 4 nitrogen and oxygen atoms in total. The molecule has 1 aromatic rings. The van der Waals surface area contributed by atoms with E-state index in [9.17, 15) is 8.42 Å². The van der Waals surface area contributed by atoms with Gasteiger partial charge in [0.25, 0.3) is 0 Å². The zero-order chi connectivity index (χ0) is 12.2. The van der Waals surface area contributed by atoms with Gasteiger partial charge in [-0.2, -0.15) is 0 Å². The number of anilines is 1. The molecule has 0 saturated heterocycles. The van der Waals surface area contributed by atoms with E-state index in [1.54, 1.807) is 0 Å². The van der Waals surface area contributed by atoms with Gasteiger partial charge < -0.3 is 10.6 Å². The third kappa shape index (κ3) is 4.63. The Morgan fingerprint density at radius 2 is 1.94 bits per heavy atom. The summed E-state index contributed by atoms with van der Waals surface area (Å²) in [6.07, 6.45) is 1.25. The van der Waals surface area contributed by atoms with Crippen molar-refractivity contribution in [1.29, 1.82) is 0 Å². The maximum Gasteiger partial charge on any atom is 0.148 e. The third-order valence-electron chi connectivity index (χ3n) is 2.34. The molecule has 5 heteroatoms. The third-order valence-corrected chi connectivity index (χ3v) is 3.26. The predicted octanol–water partition coefficient (Wildman–Crippen LogP) is 0.745. The van der Waals surface area contributed by atoms with Gasteiger partial charge in [0.15, 0.2) is 0 Å². The van der Waals surface area contributed by atoms with Gasteiger partial charge in [-0.15, -0.1) is 0 Å². The number of hydrogen-bond acceptors (Lipinski definition) is 4. The molecule has 1 aromatic carbocycles. The monoisotopic (exact) mass is 242 g/mol. The molecule has 0 saturated carbocycles. The summed E-state index contributed by atoms with van der Waals surface area (Å²) in [6, 6.07) is 7.61. The zero-order valence-corrected chi connectivity index (χ0v) is 10.5. The first kappa shape index (κ1) is 13.0. The second kappa shape index (κ2) is 5.32. The normalized spacial score (nSPS) is 11.9. The molecule has 0 radical (unpaired) electrons. The summed E-state index contributed by atoms with van der Waals surface area (Å²) in [6.45, 7) is 1.19. The summed E-state index contributed by atoms with van der Waals surface area (Å²) in [5.41, 5.74) is 7.58. The molecule has 0 heterocycles. The van der Waals surface area contributed by atoms with Crippen molar-refractivity contribution in [2.24, 2.45) is 0 Å². The average Bonchev–Trinajstić information content (AvgIpc) is 2.18. The lowest BCUT2D eigenvalue weighted by molar-refractivity contribution is 0.347. The van der Waals surface area contributed by atoms with Gasteiger partial charge in [0, 0.05) is 25.0 Å². The van der Waals surface area contributed by atoms with Crippen molar-refractivity contribution in [3.8, 4) is 0 Å². The van der Waals surface area contributed by atoms with Crippen LogP contribution < -0.4 is 5.73 Å². The fourth-order valence-corrected chi connectivity index (χ4v) is 2.01. The van der Waals surface area contributed by atoms with Crippen LogP contribution in [0.4, 0.5) is 5.69 Å². The largest absolute Gasteiger partial charge is 0.398 e. The summed E-state index contributed by atoms with van der Waals surface area (Å²) >= 11 is 0. The lowest BCUT2D eigenvalue weighted by Crippen LogP contribution is -2.25. The molecule has 0 fully saturated rings. The number of sulfone groups is 1. The van der Waals surface area contributed by atoms with E-state index in [0.29, 0.717) is 13.1 Å². The predicted molar refractivity (Wildman–Crippen MR) is 66.9 cm³/mol. The molecule has 0 atom stereocenters. The van der Waals surface area contributed by atoms with Crippen LogP contribution in [0, 0.1) is 0 Å². The highest BCUT2D eigenvalue weighted by Crippen LogP contribution is 2.12. The van der Waals surface area contributed by atoms with Crippen molar-refractivity contribution in [3.63, 3.8) is 0 Å². The Balaban J connectivity index is 2.52. The van der Waals surface area contributed by atoms with Crippen LogP contribution >= 0.6 is 0 Å². The number of rotatable bonds is 5. The molecule has 0 spiro atoms. The maximum atomic E-state index is 11.0. The number of nitrogens with zero attached hydrogens (tertiary/aromatic N) is 1.